The Kier molecular flexibility index (Phi) is 7.51. The SMILES string of the molecule is CCn1cc(-c2ccnc(Nc3ccc(N4CCN(CC5CCCN5C)CC4)cc3)n2)c(-c2cccnc2)n1. The van der Waals surface area contributed by atoms with Crippen LogP contribution in [0.25, 0.3) is 22.5 Å². The lowest BCUT2D eigenvalue weighted by Gasteiger charge is -2.38. The average molecular weight is 524 g/mol. The first-order chi connectivity index (χ1) is 19.2. The van der Waals surface area contributed by atoms with Crippen LogP contribution in [-0.2, 0) is 6.54 Å². The molecule has 0 amide bonds. The summed E-state index contributed by atoms with van der Waals surface area (Å²) in [5.74, 6) is 0.562. The highest BCUT2D eigenvalue weighted by Crippen LogP contribution is 2.30. The van der Waals surface area contributed by atoms with E-state index in [2.05, 4.69) is 68.2 Å². The van der Waals surface area contributed by atoms with Crippen molar-refractivity contribution in [2.24, 2.45) is 0 Å². The standard InChI is InChI=1S/C30H37N9/c1-3-39-22-27(29(35-39)23-6-4-13-31-20-23)28-12-14-32-30(34-28)33-24-8-10-25(11-9-24)38-18-16-37(17-19-38)21-26-7-5-15-36(26)2/h4,6,8-14,20,22,26H,3,5,7,15-19,21H2,1-2H3,(H,32,33,34). The number of aryl methyl sites for hydroxylation is 1. The fourth-order valence-corrected chi connectivity index (χ4v) is 5.64. The molecule has 5 heterocycles. The molecule has 2 aliphatic heterocycles. The summed E-state index contributed by atoms with van der Waals surface area (Å²) in [6, 6.07) is 15.2. The van der Waals surface area contributed by atoms with Crippen LogP contribution in [0.1, 0.15) is 19.8 Å². The molecule has 1 aromatic carbocycles. The Labute approximate surface area is 230 Å². The highest BCUT2D eigenvalue weighted by molar-refractivity contribution is 5.78. The van der Waals surface area contributed by atoms with Crippen molar-refractivity contribution in [1.82, 2.24) is 34.5 Å². The predicted molar refractivity (Wildman–Crippen MR) is 156 cm³/mol. The molecule has 39 heavy (non-hydrogen) atoms. The number of piperazine rings is 1. The zero-order chi connectivity index (χ0) is 26.6. The van der Waals surface area contributed by atoms with Gasteiger partial charge in [-0.25, -0.2) is 9.97 Å². The first-order valence-electron chi connectivity index (χ1n) is 14.0. The van der Waals surface area contributed by atoms with Crippen molar-refractivity contribution < 1.29 is 0 Å². The number of hydrogen-bond acceptors (Lipinski definition) is 8. The maximum atomic E-state index is 4.82. The summed E-state index contributed by atoms with van der Waals surface area (Å²) in [4.78, 5) is 21.2. The van der Waals surface area contributed by atoms with Crippen LogP contribution in [0.5, 0.6) is 0 Å². The number of rotatable bonds is 8. The van der Waals surface area contributed by atoms with Gasteiger partial charge in [0.25, 0.3) is 0 Å². The molecular weight excluding hydrogens is 486 g/mol. The van der Waals surface area contributed by atoms with E-state index in [1.807, 2.05) is 35.3 Å². The number of aromatic nitrogens is 5. The van der Waals surface area contributed by atoms with Crippen LogP contribution in [0.15, 0.2) is 67.3 Å². The number of likely N-dealkylation sites (N-methyl/N-ethyl adjacent to an activating group) is 1. The summed E-state index contributed by atoms with van der Waals surface area (Å²) < 4.78 is 1.93. The fraction of sp³-hybridized carbons (Fsp3) is 0.400. The molecule has 3 aromatic heterocycles. The van der Waals surface area contributed by atoms with Crippen molar-refractivity contribution >= 4 is 17.3 Å². The van der Waals surface area contributed by atoms with Gasteiger partial charge in [-0.3, -0.25) is 14.6 Å². The monoisotopic (exact) mass is 523 g/mol. The molecule has 2 fully saturated rings. The van der Waals surface area contributed by atoms with Crippen LogP contribution in [-0.4, -0.2) is 86.9 Å². The molecule has 202 valence electrons. The van der Waals surface area contributed by atoms with E-state index in [0.29, 0.717) is 5.95 Å². The topological polar surface area (TPSA) is 78.2 Å². The van der Waals surface area contributed by atoms with Crippen molar-refractivity contribution in [1.29, 1.82) is 0 Å². The van der Waals surface area contributed by atoms with Crippen molar-refractivity contribution in [3.05, 3.63) is 67.3 Å². The van der Waals surface area contributed by atoms with Gasteiger partial charge in [-0.15, -0.1) is 0 Å². The second kappa shape index (κ2) is 11.5. The summed E-state index contributed by atoms with van der Waals surface area (Å²) in [6.45, 7) is 9.70. The third-order valence-electron chi connectivity index (χ3n) is 7.95. The van der Waals surface area contributed by atoms with Gasteiger partial charge in [0, 0.05) is 92.6 Å². The molecule has 0 spiro atoms. The normalized spacial score (nSPS) is 18.5. The molecule has 6 rings (SSSR count). The Balaban J connectivity index is 1.11. The summed E-state index contributed by atoms with van der Waals surface area (Å²) in [5, 5.41) is 8.15. The Morgan fingerprint density at radius 1 is 0.974 bits per heavy atom. The maximum Gasteiger partial charge on any atom is 0.227 e. The molecule has 2 aliphatic rings. The third kappa shape index (κ3) is 5.79. The smallest absolute Gasteiger partial charge is 0.227 e. The van der Waals surface area contributed by atoms with E-state index >= 15 is 0 Å². The number of nitrogens with one attached hydrogen (secondary N) is 1. The van der Waals surface area contributed by atoms with Gasteiger partial charge in [0.05, 0.1) is 5.69 Å². The van der Waals surface area contributed by atoms with E-state index in [4.69, 9.17) is 10.1 Å². The average Bonchev–Trinajstić information content (AvgIpc) is 3.61. The molecule has 9 nitrogen and oxygen atoms in total. The maximum absolute atomic E-state index is 4.82. The van der Waals surface area contributed by atoms with Crippen LogP contribution < -0.4 is 10.2 Å². The van der Waals surface area contributed by atoms with E-state index < -0.39 is 0 Å². The number of benzene rings is 1. The van der Waals surface area contributed by atoms with Crippen molar-refractivity contribution in [2.75, 3.05) is 56.5 Å². The van der Waals surface area contributed by atoms with Crippen LogP contribution >= 0.6 is 0 Å². The molecule has 1 unspecified atom stereocenters. The van der Waals surface area contributed by atoms with Gasteiger partial charge in [-0.05, 0) is 75.8 Å². The zero-order valence-electron chi connectivity index (χ0n) is 22.9. The van der Waals surface area contributed by atoms with Gasteiger partial charge in [0.1, 0.15) is 5.69 Å². The van der Waals surface area contributed by atoms with Crippen LogP contribution in [0.3, 0.4) is 0 Å². The number of likely N-dealkylation sites (tertiary alicyclic amines) is 1. The van der Waals surface area contributed by atoms with Gasteiger partial charge in [0.2, 0.25) is 5.95 Å². The van der Waals surface area contributed by atoms with Gasteiger partial charge in [-0.1, -0.05) is 0 Å². The Hall–Kier alpha value is -3.82. The predicted octanol–water partition coefficient (Wildman–Crippen LogP) is 4.38. The lowest BCUT2D eigenvalue weighted by molar-refractivity contribution is 0.185. The van der Waals surface area contributed by atoms with Gasteiger partial charge in [0.15, 0.2) is 0 Å². The molecular formula is C30H37N9. The number of hydrogen-bond donors (Lipinski definition) is 1. The Bertz CT molecular complexity index is 1360. The minimum absolute atomic E-state index is 0.562. The van der Waals surface area contributed by atoms with Crippen molar-refractivity contribution in [3.8, 4) is 22.5 Å². The van der Waals surface area contributed by atoms with Crippen LogP contribution in [0.2, 0.25) is 0 Å². The Morgan fingerprint density at radius 3 is 2.54 bits per heavy atom. The van der Waals surface area contributed by atoms with E-state index in [1.165, 1.54) is 31.6 Å². The molecule has 4 aromatic rings. The molecule has 1 atom stereocenters. The van der Waals surface area contributed by atoms with E-state index in [9.17, 15) is 0 Å². The van der Waals surface area contributed by atoms with Crippen molar-refractivity contribution in [2.45, 2.75) is 32.4 Å². The van der Waals surface area contributed by atoms with E-state index in [0.717, 1.165) is 67.0 Å². The molecule has 0 bridgehead atoms. The second-order valence-corrected chi connectivity index (χ2v) is 10.5. The number of anilines is 3. The van der Waals surface area contributed by atoms with E-state index in [-0.39, 0.29) is 0 Å². The number of nitrogens with zero attached hydrogens (tertiary/aromatic N) is 8. The lowest BCUT2D eigenvalue weighted by Crippen LogP contribution is -2.50. The summed E-state index contributed by atoms with van der Waals surface area (Å²) in [6.07, 6.45) is 10.1. The largest absolute Gasteiger partial charge is 0.369 e. The van der Waals surface area contributed by atoms with Crippen LogP contribution in [0, 0.1) is 0 Å². The van der Waals surface area contributed by atoms with Crippen molar-refractivity contribution in [3.63, 3.8) is 0 Å². The highest BCUT2D eigenvalue weighted by Gasteiger charge is 2.25. The number of pyridine rings is 1. The third-order valence-corrected chi connectivity index (χ3v) is 7.95. The van der Waals surface area contributed by atoms with Gasteiger partial charge in [-0.2, -0.15) is 5.10 Å². The second-order valence-electron chi connectivity index (χ2n) is 10.5. The quantitative estimate of drug-likeness (QED) is 0.365. The zero-order valence-corrected chi connectivity index (χ0v) is 22.9. The molecule has 2 saturated heterocycles. The summed E-state index contributed by atoms with van der Waals surface area (Å²) in [5.41, 5.74) is 5.86. The lowest BCUT2D eigenvalue weighted by atomic mass is 10.1. The highest BCUT2D eigenvalue weighted by atomic mass is 15.3. The minimum atomic E-state index is 0.562. The first kappa shape index (κ1) is 25.5. The van der Waals surface area contributed by atoms with Crippen LogP contribution in [0.4, 0.5) is 17.3 Å². The molecule has 9 heteroatoms. The first-order valence-corrected chi connectivity index (χ1v) is 14.0. The molecule has 0 radical (unpaired) electrons. The minimum Gasteiger partial charge on any atom is -0.369 e. The van der Waals surface area contributed by atoms with E-state index in [1.54, 1.807) is 12.4 Å². The van der Waals surface area contributed by atoms with Gasteiger partial charge < -0.3 is 15.1 Å². The Morgan fingerprint density at radius 2 is 1.82 bits per heavy atom. The fourth-order valence-electron chi connectivity index (χ4n) is 5.64. The molecule has 0 saturated carbocycles. The molecule has 0 aliphatic carbocycles. The summed E-state index contributed by atoms with van der Waals surface area (Å²) >= 11 is 0. The summed E-state index contributed by atoms with van der Waals surface area (Å²) in [7, 11) is 2.27. The molecule has 1 N–H and O–H groups in total. The van der Waals surface area contributed by atoms with Gasteiger partial charge >= 0.3 is 0 Å².